The third-order valence-electron chi connectivity index (χ3n) is 4.65. The maximum atomic E-state index is 13.5. The van der Waals surface area contributed by atoms with Crippen LogP contribution in [0.4, 0.5) is 14.9 Å². The maximum absolute atomic E-state index is 13.5. The van der Waals surface area contributed by atoms with E-state index in [0.29, 0.717) is 12.8 Å². The Labute approximate surface area is 141 Å². The second-order valence-corrected chi connectivity index (χ2v) is 6.14. The molecule has 1 aliphatic carbocycles. The molecule has 1 saturated carbocycles. The number of nitrogens with zero attached hydrogens (tertiary/aromatic N) is 2. The van der Waals surface area contributed by atoms with Gasteiger partial charge in [0.15, 0.2) is 6.61 Å². The van der Waals surface area contributed by atoms with Crippen molar-refractivity contribution in [2.45, 2.75) is 37.3 Å². The minimum Gasteiger partial charge on any atom is -0.466 e. The normalized spacial score (nSPS) is 25.7. The second kappa shape index (κ2) is 6.19. The van der Waals surface area contributed by atoms with Gasteiger partial charge in [-0.1, -0.05) is 0 Å². The molecule has 0 aromatic carbocycles. The summed E-state index contributed by atoms with van der Waals surface area (Å²) in [5.41, 5.74) is 4.25. The second-order valence-electron chi connectivity index (χ2n) is 6.14. The highest BCUT2D eigenvalue weighted by molar-refractivity contribution is 5.98. The average molecular weight is 352 g/mol. The lowest BCUT2D eigenvalue weighted by atomic mass is 9.78. The Morgan fingerprint density at radius 1 is 1.44 bits per heavy atom. The van der Waals surface area contributed by atoms with E-state index < -0.39 is 23.4 Å². The van der Waals surface area contributed by atoms with Gasteiger partial charge < -0.3 is 25.8 Å². The van der Waals surface area contributed by atoms with Crippen molar-refractivity contribution >= 4 is 23.6 Å². The van der Waals surface area contributed by atoms with Crippen molar-refractivity contribution in [2.75, 3.05) is 11.5 Å². The van der Waals surface area contributed by atoms with E-state index in [1.165, 1.54) is 11.0 Å². The molecule has 0 radical (unpaired) electrons. The Hall–Kier alpha value is -2.91. The Balaban J connectivity index is 1.83. The number of fused-ring (bicyclic) bond motifs is 1. The third kappa shape index (κ3) is 3.06. The van der Waals surface area contributed by atoms with Gasteiger partial charge >= 0.3 is 6.09 Å². The van der Waals surface area contributed by atoms with Crippen LogP contribution in [0.15, 0.2) is 12.3 Å². The molecule has 25 heavy (non-hydrogen) atoms. The highest BCUT2D eigenvalue weighted by atomic mass is 19.1. The molecule has 0 unspecified atom stereocenters. The number of pyridine rings is 1. The van der Waals surface area contributed by atoms with Gasteiger partial charge in [0, 0.05) is 12.1 Å². The molecule has 9 nitrogen and oxygen atoms in total. The van der Waals surface area contributed by atoms with Crippen molar-refractivity contribution in [2.24, 2.45) is 5.73 Å². The van der Waals surface area contributed by atoms with Crippen LogP contribution in [0.2, 0.25) is 0 Å². The summed E-state index contributed by atoms with van der Waals surface area (Å²) in [6.45, 7) is -0.212. The van der Waals surface area contributed by atoms with E-state index in [9.17, 15) is 18.8 Å². The summed E-state index contributed by atoms with van der Waals surface area (Å²) in [5, 5.41) is 11.1. The van der Waals surface area contributed by atoms with Crippen molar-refractivity contribution in [3.8, 4) is 5.88 Å². The number of carboxylic acid groups (broad SMARTS) is 1. The highest BCUT2D eigenvalue weighted by Crippen LogP contribution is 2.38. The molecule has 0 atom stereocenters. The molecule has 3 amide bonds. The van der Waals surface area contributed by atoms with E-state index in [0.717, 1.165) is 6.20 Å². The molecule has 2 aliphatic rings. The molecule has 0 saturated heterocycles. The van der Waals surface area contributed by atoms with Crippen LogP contribution in [-0.2, 0) is 9.59 Å². The number of anilines is 1. The van der Waals surface area contributed by atoms with Gasteiger partial charge in [0.2, 0.25) is 11.8 Å². The largest absolute Gasteiger partial charge is 0.466 e. The zero-order chi connectivity index (χ0) is 18.2. The van der Waals surface area contributed by atoms with Gasteiger partial charge in [-0.25, -0.2) is 14.2 Å². The van der Waals surface area contributed by atoms with E-state index >= 15 is 0 Å². The van der Waals surface area contributed by atoms with E-state index in [-0.39, 0.29) is 43.0 Å². The van der Waals surface area contributed by atoms with E-state index in [4.69, 9.17) is 15.6 Å². The number of primary amides is 1. The summed E-state index contributed by atoms with van der Waals surface area (Å²) in [6, 6.07) is 0.840. The smallest absolute Gasteiger partial charge is 0.405 e. The lowest BCUT2D eigenvalue weighted by molar-refractivity contribution is -0.125. The van der Waals surface area contributed by atoms with E-state index in [2.05, 4.69) is 10.3 Å². The summed E-state index contributed by atoms with van der Waals surface area (Å²) >= 11 is 0. The van der Waals surface area contributed by atoms with Gasteiger partial charge in [0.25, 0.3) is 5.91 Å². The van der Waals surface area contributed by atoms with Crippen LogP contribution in [0, 0.1) is 5.82 Å². The molecule has 3 rings (SSSR count). The highest BCUT2D eigenvalue weighted by Gasteiger charge is 2.45. The fourth-order valence-corrected chi connectivity index (χ4v) is 3.43. The SMILES string of the molecule is NC(=O)[C@]1(NC(=O)O)CC[C@H](N2C(=O)COc3ncc(F)cc32)CC1. The van der Waals surface area contributed by atoms with Gasteiger partial charge in [-0.05, 0) is 25.7 Å². The summed E-state index contributed by atoms with van der Waals surface area (Å²) in [6.07, 6.45) is 0.596. The zero-order valence-electron chi connectivity index (χ0n) is 13.2. The van der Waals surface area contributed by atoms with Crippen LogP contribution in [0.1, 0.15) is 25.7 Å². The van der Waals surface area contributed by atoms with E-state index in [1.807, 2.05) is 0 Å². The molecule has 1 aliphatic heterocycles. The lowest BCUT2D eigenvalue weighted by Crippen LogP contribution is -2.61. The van der Waals surface area contributed by atoms with Crippen molar-refractivity contribution in [3.63, 3.8) is 0 Å². The van der Waals surface area contributed by atoms with Gasteiger partial charge in [-0.2, -0.15) is 0 Å². The first kappa shape index (κ1) is 16.9. The number of halogens is 1. The van der Waals surface area contributed by atoms with Crippen molar-refractivity contribution in [1.29, 1.82) is 0 Å². The van der Waals surface area contributed by atoms with Crippen molar-refractivity contribution < 1.29 is 28.6 Å². The number of rotatable bonds is 3. The Kier molecular flexibility index (Phi) is 4.19. The Morgan fingerprint density at radius 3 is 2.72 bits per heavy atom. The molecule has 1 fully saturated rings. The summed E-state index contributed by atoms with van der Waals surface area (Å²) in [4.78, 5) is 40.2. The molecule has 1 aromatic heterocycles. The minimum atomic E-state index is -1.36. The van der Waals surface area contributed by atoms with Gasteiger partial charge in [0.05, 0.1) is 6.20 Å². The fraction of sp³-hybridized carbons (Fsp3) is 0.467. The standard InChI is InChI=1S/C15H17FN4O5/c16-8-5-10-12(18-6-8)25-7-11(21)20(10)9-1-3-15(4-2-9,13(17)22)19-14(23)24/h5-6,9,19H,1-4,7H2,(H2,17,22)(H,23,24)/t9-,15-. The molecule has 0 spiro atoms. The van der Waals surface area contributed by atoms with Crippen LogP contribution < -0.4 is 20.7 Å². The number of carbonyl (C=O) groups excluding carboxylic acids is 2. The minimum absolute atomic E-state index is 0.141. The van der Waals surface area contributed by atoms with Crippen LogP contribution in [0.5, 0.6) is 5.88 Å². The molecule has 0 bridgehead atoms. The van der Waals surface area contributed by atoms with Gasteiger partial charge in [-0.3, -0.25) is 9.59 Å². The van der Waals surface area contributed by atoms with Crippen molar-refractivity contribution in [1.82, 2.24) is 10.3 Å². The number of carbonyl (C=O) groups is 3. The summed E-state index contributed by atoms with van der Waals surface area (Å²) in [7, 11) is 0. The number of amides is 3. The maximum Gasteiger partial charge on any atom is 0.405 e. The number of hydrogen-bond acceptors (Lipinski definition) is 5. The number of ether oxygens (including phenoxy) is 1. The molecule has 1 aromatic rings. The zero-order valence-corrected chi connectivity index (χ0v) is 13.2. The first-order chi connectivity index (χ1) is 11.8. The Morgan fingerprint density at radius 2 is 2.12 bits per heavy atom. The van der Waals surface area contributed by atoms with E-state index in [1.54, 1.807) is 0 Å². The predicted octanol–water partition coefficient (Wildman–Crippen LogP) is 0.380. The quantitative estimate of drug-likeness (QED) is 0.720. The predicted molar refractivity (Wildman–Crippen MR) is 82.5 cm³/mol. The molecule has 4 N–H and O–H groups in total. The molecule has 10 heteroatoms. The number of hydrogen-bond donors (Lipinski definition) is 3. The monoisotopic (exact) mass is 352 g/mol. The van der Waals surface area contributed by atoms with Gasteiger partial charge in [-0.15, -0.1) is 0 Å². The molecule has 134 valence electrons. The van der Waals surface area contributed by atoms with Crippen LogP contribution in [-0.4, -0.2) is 46.2 Å². The van der Waals surface area contributed by atoms with Crippen LogP contribution in [0.25, 0.3) is 0 Å². The first-order valence-electron chi connectivity index (χ1n) is 7.74. The first-order valence-corrected chi connectivity index (χ1v) is 7.74. The fourth-order valence-electron chi connectivity index (χ4n) is 3.43. The number of nitrogens with one attached hydrogen (secondary N) is 1. The average Bonchev–Trinajstić information content (AvgIpc) is 2.55. The topological polar surface area (TPSA) is 135 Å². The Bertz CT molecular complexity index is 733. The molecular weight excluding hydrogens is 335 g/mol. The number of nitrogens with two attached hydrogens (primary N) is 1. The molecule has 2 heterocycles. The van der Waals surface area contributed by atoms with Gasteiger partial charge in [0.1, 0.15) is 17.0 Å². The van der Waals surface area contributed by atoms with Crippen LogP contribution in [0.3, 0.4) is 0 Å². The van der Waals surface area contributed by atoms with Crippen LogP contribution >= 0.6 is 0 Å². The summed E-state index contributed by atoms with van der Waals surface area (Å²) < 4.78 is 18.8. The molecular formula is C15H17FN4O5. The third-order valence-corrected chi connectivity index (χ3v) is 4.65. The lowest BCUT2D eigenvalue weighted by Gasteiger charge is -2.42. The summed E-state index contributed by atoms with van der Waals surface area (Å²) in [5.74, 6) is -1.54. The number of aromatic nitrogens is 1. The van der Waals surface area contributed by atoms with Crippen molar-refractivity contribution in [3.05, 3.63) is 18.1 Å².